The van der Waals surface area contributed by atoms with Gasteiger partial charge in [-0.2, -0.15) is 0 Å². The Labute approximate surface area is 256 Å². The highest BCUT2D eigenvalue weighted by molar-refractivity contribution is 5.96. The van der Waals surface area contributed by atoms with Crippen LogP contribution in [0.5, 0.6) is 0 Å². The van der Waals surface area contributed by atoms with E-state index in [0.717, 1.165) is 50.5 Å². The monoisotopic (exact) mass is 598 g/mol. The minimum atomic E-state index is -1.61. The lowest BCUT2D eigenvalue weighted by Crippen LogP contribution is -2.62. The third-order valence-corrected chi connectivity index (χ3v) is 12.0. The lowest BCUT2D eigenvalue weighted by molar-refractivity contribution is -0.177. The molecule has 0 aliphatic heterocycles. The van der Waals surface area contributed by atoms with E-state index in [2.05, 4.69) is 13.8 Å². The molecule has 0 bridgehead atoms. The largest absolute Gasteiger partial charge is 0.509 e. The summed E-state index contributed by atoms with van der Waals surface area (Å²) in [5.41, 5.74) is -1.83. The van der Waals surface area contributed by atoms with Gasteiger partial charge < -0.3 is 14.2 Å². The Hall–Kier alpha value is -2.51. The summed E-state index contributed by atoms with van der Waals surface area (Å²) >= 11 is 0. The van der Waals surface area contributed by atoms with Crippen LogP contribution in [-0.4, -0.2) is 48.3 Å². The molecule has 0 radical (unpaired) electrons. The zero-order chi connectivity index (χ0) is 30.8. The molecule has 8 nitrogen and oxygen atoms in total. The van der Waals surface area contributed by atoms with Crippen LogP contribution in [0.2, 0.25) is 0 Å². The average molecular weight is 599 g/mol. The first-order valence-electron chi connectivity index (χ1n) is 16.9. The molecule has 0 spiro atoms. The normalized spacial score (nSPS) is 35.4. The number of carbonyl (C=O) groups excluding carboxylic acids is 5. The fraction of sp³-hybridized carbons (Fsp3) is 0.800. The van der Waals surface area contributed by atoms with Crippen LogP contribution in [0.25, 0.3) is 0 Å². The molecule has 0 unspecified atom stereocenters. The third-order valence-electron chi connectivity index (χ3n) is 12.0. The molecule has 5 rings (SSSR count). The van der Waals surface area contributed by atoms with Gasteiger partial charge in [-0.1, -0.05) is 64.9 Å². The number of hydrogen-bond donors (Lipinski definition) is 0. The number of fused-ring (bicyclic) bond motifs is 5. The maximum atomic E-state index is 14.2. The second-order valence-corrected chi connectivity index (χ2v) is 14.4. The molecule has 0 N–H and O–H groups in total. The quantitative estimate of drug-likeness (QED) is 0.187. The molecule has 0 amide bonds. The Morgan fingerprint density at radius 1 is 0.953 bits per heavy atom. The van der Waals surface area contributed by atoms with E-state index < -0.39 is 35.5 Å². The number of unbranched alkanes of at least 4 members (excludes halogenated alkanes) is 2. The van der Waals surface area contributed by atoms with Crippen molar-refractivity contribution in [2.75, 3.05) is 13.2 Å². The Kier molecular flexibility index (Phi) is 9.53. The van der Waals surface area contributed by atoms with Gasteiger partial charge in [0, 0.05) is 30.6 Å². The zero-order valence-electron chi connectivity index (χ0n) is 26.4. The number of esters is 1. The zero-order valence-corrected chi connectivity index (χ0v) is 26.4. The van der Waals surface area contributed by atoms with Crippen LogP contribution < -0.4 is 0 Å². The average Bonchev–Trinajstić information content (AvgIpc) is 3.59. The molecule has 5 aliphatic rings. The third kappa shape index (κ3) is 5.96. The topological polar surface area (TPSA) is 113 Å². The molecule has 6 atom stereocenters. The number of Topliss-reactive ketones (excluding diaryl/α,β-unsaturated/α-hetero) is 2. The van der Waals surface area contributed by atoms with Crippen LogP contribution in [-0.2, 0) is 33.4 Å². The second-order valence-electron chi connectivity index (χ2n) is 14.4. The molecule has 0 aromatic heterocycles. The van der Waals surface area contributed by atoms with E-state index in [0.29, 0.717) is 31.6 Å². The molecular formula is C35H50O8. The maximum Gasteiger partial charge on any atom is 0.509 e. The minimum absolute atomic E-state index is 0.0226. The Balaban J connectivity index is 1.36. The first-order chi connectivity index (χ1) is 20.5. The van der Waals surface area contributed by atoms with E-state index in [9.17, 15) is 24.0 Å². The van der Waals surface area contributed by atoms with E-state index in [1.54, 1.807) is 6.08 Å². The van der Waals surface area contributed by atoms with Crippen LogP contribution in [0.15, 0.2) is 11.6 Å². The van der Waals surface area contributed by atoms with Gasteiger partial charge in [0.1, 0.15) is 5.78 Å². The van der Waals surface area contributed by atoms with Crippen molar-refractivity contribution >= 4 is 29.5 Å². The fourth-order valence-corrected chi connectivity index (χ4v) is 9.69. The standard InChI is InChI=1S/C35H50O8/c1-4-5-8-19-41-32(40)43-35(29(38)22-42-30(39)14-11-23-9-6-7-10-23)18-16-27-26-13-12-24-20-25(36)15-17-33(24,2)31(26)28(37)21-34(27,35)3/h20,23,26-27,31H,4-19,21-22H2,1-3H3/t26-,27-,31+,33-,34-,35-/m0/s1. The van der Waals surface area contributed by atoms with Gasteiger partial charge in [-0.15, -0.1) is 0 Å². The van der Waals surface area contributed by atoms with Gasteiger partial charge in [0.15, 0.2) is 18.0 Å². The van der Waals surface area contributed by atoms with Crippen molar-refractivity contribution in [2.24, 2.45) is 34.5 Å². The summed E-state index contributed by atoms with van der Waals surface area (Å²) in [5, 5.41) is 0. The second kappa shape index (κ2) is 12.8. The molecule has 0 heterocycles. The number of allylic oxidation sites excluding steroid dienone is 1. The summed E-state index contributed by atoms with van der Waals surface area (Å²) in [6.07, 6.45) is 12.7. The number of ether oxygens (including phenoxy) is 3. The van der Waals surface area contributed by atoms with Gasteiger partial charge in [-0.3, -0.25) is 19.2 Å². The maximum absolute atomic E-state index is 14.2. The molecule has 8 heteroatoms. The van der Waals surface area contributed by atoms with E-state index in [-0.39, 0.29) is 60.6 Å². The van der Waals surface area contributed by atoms with Crippen LogP contribution in [0.3, 0.4) is 0 Å². The summed E-state index contributed by atoms with van der Waals surface area (Å²) in [6.45, 7) is 5.82. The SMILES string of the molecule is CCCCCOC(=O)O[C@]1(C(=O)COC(=O)CCC2CCCC2)CC[C@H]2[C@@H]3CCC4=CC(=O)CC[C@]4(C)[C@H]3C(=O)C[C@@]21C. The lowest BCUT2D eigenvalue weighted by atomic mass is 9.46. The Morgan fingerprint density at radius 3 is 2.47 bits per heavy atom. The summed E-state index contributed by atoms with van der Waals surface area (Å²) in [5.74, 6) is -0.370. The van der Waals surface area contributed by atoms with Crippen molar-refractivity contribution in [3.63, 3.8) is 0 Å². The fourth-order valence-electron chi connectivity index (χ4n) is 9.69. The van der Waals surface area contributed by atoms with E-state index in [4.69, 9.17) is 14.2 Å². The van der Waals surface area contributed by atoms with Gasteiger partial charge in [0.25, 0.3) is 0 Å². The van der Waals surface area contributed by atoms with Gasteiger partial charge in [0.2, 0.25) is 5.78 Å². The Bertz CT molecular complexity index is 1150. The highest BCUT2D eigenvalue weighted by Crippen LogP contribution is 2.67. The van der Waals surface area contributed by atoms with E-state index >= 15 is 0 Å². The molecule has 43 heavy (non-hydrogen) atoms. The highest BCUT2D eigenvalue weighted by atomic mass is 16.7. The number of ketones is 3. The molecule has 4 fully saturated rings. The van der Waals surface area contributed by atoms with Crippen LogP contribution >= 0.6 is 0 Å². The van der Waals surface area contributed by atoms with Gasteiger partial charge >= 0.3 is 12.1 Å². The van der Waals surface area contributed by atoms with E-state index in [1.165, 1.54) is 12.8 Å². The smallest absolute Gasteiger partial charge is 0.457 e. The first-order valence-corrected chi connectivity index (χ1v) is 16.9. The lowest BCUT2D eigenvalue weighted by Gasteiger charge is -2.57. The minimum Gasteiger partial charge on any atom is -0.457 e. The van der Waals surface area contributed by atoms with Crippen molar-refractivity contribution in [3.05, 3.63) is 11.6 Å². The molecule has 0 aromatic carbocycles. The van der Waals surface area contributed by atoms with Gasteiger partial charge in [-0.25, -0.2) is 4.79 Å². The molecule has 0 saturated heterocycles. The summed E-state index contributed by atoms with van der Waals surface area (Å²) < 4.78 is 17.0. The van der Waals surface area contributed by atoms with Crippen molar-refractivity contribution < 1.29 is 38.2 Å². The first kappa shape index (κ1) is 31.9. The number of hydrogen-bond acceptors (Lipinski definition) is 8. The van der Waals surface area contributed by atoms with Gasteiger partial charge in [-0.05, 0) is 74.2 Å². The number of rotatable bonds is 11. The summed E-state index contributed by atoms with van der Waals surface area (Å²) in [6, 6.07) is 0. The molecule has 238 valence electrons. The molecule has 5 aliphatic carbocycles. The Morgan fingerprint density at radius 2 is 1.72 bits per heavy atom. The van der Waals surface area contributed by atoms with Gasteiger partial charge in [0.05, 0.1) is 6.61 Å². The van der Waals surface area contributed by atoms with Crippen molar-refractivity contribution in [1.82, 2.24) is 0 Å². The molecule has 0 aromatic rings. The highest BCUT2D eigenvalue weighted by Gasteiger charge is 2.71. The van der Waals surface area contributed by atoms with Crippen LogP contribution in [0, 0.1) is 34.5 Å². The van der Waals surface area contributed by atoms with Crippen LogP contribution in [0.4, 0.5) is 4.79 Å². The molecular weight excluding hydrogens is 548 g/mol. The summed E-state index contributed by atoms with van der Waals surface area (Å²) in [7, 11) is 0. The van der Waals surface area contributed by atoms with Crippen molar-refractivity contribution in [3.8, 4) is 0 Å². The summed E-state index contributed by atoms with van der Waals surface area (Å²) in [4.78, 5) is 66.3. The number of carbonyl (C=O) groups is 5. The van der Waals surface area contributed by atoms with Crippen LogP contribution in [0.1, 0.15) is 124 Å². The van der Waals surface area contributed by atoms with E-state index in [1.807, 2.05) is 6.92 Å². The predicted octanol–water partition coefficient (Wildman–Crippen LogP) is 6.86. The molecule has 4 saturated carbocycles. The van der Waals surface area contributed by atoms with Crippen molar-refractivity contribution in [2.45, 2.75) is 129 Å². The predicted molar refractivity (Wildman–Crippen MR) is 159 cm³/mol. The van der Waals surface area contributed by atoms with Crippen molar-refractivity contribution in [1.29, 1.82) is 0 Å².